The molecule has 20 heavy (non-hydrogen) atoms. The van der Waals surface area contributed by atoms with Crippen molar-refractivity contribution in [2.75, 3.05) is 32.1 Å². The number of nitrogens with zero attached hydrogens (tertiary/aromatic N) is 1. The number of likely N-dealkylation sites (tertiary alicyclic amines) is 1. The molecule has 1 fully saturated rings. The van der Waals surface area contributed by atoms with Gasteiger partial charge in [0.25, 0.3) is 0 Å². The number of rotatable bonds is 5. The van der Waals surface area contributed by atoms with Gasteiger partial charge in [-0.2, -0.15) is 0 Å². The van der Waals surface area contributed by atoms with E-state index >= 15 is 0 Å². The Morgan fingerprint density at radius 3 is 2.70 bits per heavy atom. The first-order valence-electron chi connectivity index (χ1n) is 7.78. The molecular weight excluding hydrogens is 248 g/mol. The molecule has 3 nitrogen and oxygen atoms in total. The molecule has 0 saturated carbocycles. The van der Waals surface area contributed by atoms with Crippen molar-refractivity contribution in [3.05, 3.63) is 23.8 Å². The van der Waals surface area contributed by atoms with E-state index in [1.54, 1.807) is 0 Å². The van der Waals surface area contributed by atoms with Gasteiger partial charge in [0.1, 0.15) is 5.75 Å². The van der Waals surface area contributed by atoms with Gasteiger partial charge in [0, 0.05) is 6.04 Å². The first-order chi connectivity index (χ1) is 9.60. The third-order valence-electron chi connectivity index (χ3n) is 4.29. The molecule has 1 N–H and O–H groups in total. The molecule has 0 bridgehead atoms. The summed E-state index contributed by atoms with van der Waals surface area (Å²) < 4.78 is 5.75. The van der Waals surface area contributed by atoms with Crippen LogP contribution in [0, 0.1) is 12.8 Å². The Balaban J connectivity index is 2.01. The fraction of sp³-hybridized carbons (Fsp3) is 0.647. The van der Waals surface area contributed by atoms with Gasteiger partial charge in [0.2, 0.25) is 0 Å². The highest BCUT2D eigenvalue weighted by atomic mass is 16.5. The van der Waals surface area contributed by atoms with Crippen LogP contribution < -0.4 is 10.1 Å². The Morgan fingerprint density at radius 1 is 1.35 bits per heavy atom. The van der Waals surface area contributed by atoms with E-state index in [1.807, 2.05) is 6.92 Å². The smallest absolute Gasteiger partial charge is 0.142 e. The fourth-order valence-electron chi connectivity index (χ4n) is 2.92. The summed E-state index contributed by atoms with van der Waals surface area (Å²) >= 11 is 0. The molecule has 0 amide bonds. The lowest BCUT2D eigenvalue weighted by Crippen LogP contribution is -2.37. The zero-order valence-corrected chi connectivity index (χ0v) is 13.3. The number of aryl methyl sites for hydroxylation is 1. The molecule has 1 atom stereocenters. The van der Waals surface area contributed by atoms with Crippen molar-refractivity contribution in [1.82, 2.24) is 4.90 Å². The summed E-state index contributed by atoms with van der Waals surface area (Å²) in [7, 11) is 2.21. The molecule has 1 saturated heterocycles. The lowest BCUT2D eigenvalue weighted by Gasteiger charge is -2.33. The van der Waals surface area contributed by atoms with Gasteiger partial charge in [-0.15, -0.1) is 0 Å². The minimum absolute atomic E-state index is 0.491. The zero-order valence-electron chi connectivity index (χ0n) is 13.3. The summed E-state index contributed by atoms with van der Waals surface area (Å²) in [5.41, 5.74) is 2.37. The van der Waals surface area contributed by atoms with E-state index in [2.05, 4.69) is 49.3 Å². The lowest BCUT2D eigenvalue weighted by molar-refractivity contribution is 0.208. The normalized spacial score (nSPS) is 18.8. The largest absolute Gasteiger partial charge is 0.492 e. The van der Waals surface area contributed by atoms with Crippen LogP contribution in [0.15, 0.2) is 18.2 Å². The summed E-state index contributed by atoms with van der Waals surface area (Å²) in [4.78, 5) is 2.42. The second-order valence-corrected chi connectivity index (χ2v) is 6.01. The zero-order chi connectivity index (χ0) is 14.5. The average molecular weight is 276 g/mol. The molecule has 2 rings (SSSR count). The molecule has 1 aromatic carbocycles. The van der Waals surface area contributed by atoms with E-state index < -0.39 is 0 Å². The Bertz CT molecular complexity index is 425. The van der Waals surface area contributed by atoms with E-state index in [1.165, 1.54) is 31.5 Å². The van der Waals surface area contributed by atoms with Gasteiger partial charge in [-0.1, -0.05) is 6.07 Å². The van der Waals surface area contributed by atoms with Crippen molar-refractivity contribution in [3.63, 3.8) is 0 Å². The Morgan fingerprint density at radius 2 is 2.05 bits per heavy atom. The van der Waals surface area contributed by atoms with Crippen LogP contribution in [0.3, 0.4) is 0 Å². The molecule has 1 unspecified atom stereocenters. The lowest BCUT2D eigenvalue weighted by atomic mass is 9.90. The van der Waals surface area contributed by atoms with Gasteiger partial charge in [0.15, 0.2) is 0 Å². The standard InChI is InChI=1S/C17H28N2O/c1-5-20-17-12-13(2)6-7-16(17)18-14(3)15-8-10-19(4)11-9-15/h6-7,12,14-15,18H,5,8-11H2,1-4H3. The Labute approximate surface area is 123 Å². The minimum Gasteiger partial charge on any atom is -0.492 e. The number of nitrogens with one attached hydrogen (secondary N) is 1. The quantitative estimate of drug-likeness (QED) is 0.890. The van der Waals surface area contributed by atoms with Crippen LogP contribution in [0.4, 0.5) is 5.69 Å². The van der Waals surface area contributed by atoms with E-state index in [-0.39, 0.29) is 0 Å². The van der Waals surface area contributed by atoms with Gasteiger partial charge >= 0.3 is 0 Å². The fourth-order valence-corrected chi connectivity index (χ4v) is 2.92. The van der Waals surface area contributed by atoms with Crippen LogP contribution in [0.25, 0.3) is 0 Å². The maximum Gasteiger partial charge on any atom is 0.142 e. The first kappa shape index (κ1) is 15.2. The van der Waals surface area contributed by atoms with E-state index in [4.69, 9.17) is 4.74 Å². The van der Waals surface area contributed by atoms with E-state index in [9.17, 15) is 0 Å². The van der Waals surface area contributed by atoms with E-state index in [0.29, 0.717) is 12.6 Å². The highest BCUT2D eigenvalue weighted by molar-refractivity contribution is 5.58. The SMILES string of the molecule is CCOc1cc(C)ccc1NC(C)C1CCN(C)CC1. The molecular formula is C17H28N2O. The number of hydrogen-bond donors (Lipinski definition) is 1. The molecule has 0 aromatic heterocycles. The summed E-state index contributed by atoms with van der Waals surface area (Å²) in [5.74, 6) is 1.73. The number of ether oxygens (including phenoxy) is 1. The average Bonchev–Trinajstić information content (AvgIpc) is 2.43. The molecule has 0 aliphatic carbocycles. The predicted octanol–water partition coefficient (Wildman–Crippen LogP) is 3.54. The van der Waals surface area contributed by atoms with Gasteiger partial charge < -0.3 is 15.0 Å². The Hall–Kier alpha value is -1.22. The molecule has 1 aliphatic rings. The minimum atomic E-state index is 0.491. The highest BCUT2D eigenvalue weighted by Crippen LogP contribution is 2.29. The van der Waals surface area contributed by atoms with Crippen LogP contribution >= 0.6 is 0 Å². The van der Waals surface area contributed by atoms with Crippen LogP contribution in [0.1, 0.15) is 32.3 Å². The van der Waals surface area contributed by atoms with Crippen molar-refractivity contribution in [2.24, 2.45) is 5.92 Å². The molecule has 0 radical (unpaired) electrons. The maximum absolute atomic E-state index is 5.75. The van der Waals surface area contributed by atoms with Gasteiger partial charge in [-0.25, -0.2) is 0 Å². The molecule has 1 aliphatic heterocycles. The van der Waals surface area contributed by atoms with Crippen molar-refractivity contribution in [1.29, 1.82) is 0 Å². The van der Waals surface area contributed by atoms with Crippen molar-refractivity contribution in [3.8, 4) is 5.75 Å². The number of anilines is 1. The second-order valence-electron chi connectivity index (χ2n) is 6.01. The number of hydrogen-bond acceptors (Lipinski definition) is 3. The molecule has 1 heterocycles. The Kier molecular flexibility index (Phi) is 5.30. The number of benzene rings is 1. The van der Waals surface area contributed by atoms with Gasteiger partial charge in [-0.05, 0) is 77.4 Å². The van der Waals surface area contributed by atoms with E-state index in [0.717, 1.165) is 17.4 Å². The molecule has 1 aromatic rings. The van der Waals surface area contributed by atoms with Crippen LogP contribution in [0.2, 0.25) is 0 Å². The van der Waals surface area contributed by atoms with Gasteiger partial charge in [-0.3, -0.25) is 0 Å². The monoisotopic (exact) mass is 276 g/mol. The third kappa shape index (κ3) is 3.89. The van der Waals surface area contributed by atoms with Gasteiger partial charge in [0.05, 0.1) is 12.3 Å². The summed E-state index contributed by atoms with van der Waals surface area (Å²) in [6.45, 7) is 9.57. The van der Waals surface area contributed by atoms with Crippen molar-refractivity contribution in [2.45, 2.75) is 39.7 Å². The maximum atomic E-state index is 5.75. The summed E-state index contributed by atoms with van der Waals surface area (Å²) in [5, 5.41) is 3.66. The highest BCUT2D eigenvalue weighted by Gasteiger charge is 2.22. The molecule has 112 valence electrons. The summed E-state index contributed by atoms with van der Waals surface area (Å²) in [6.07, 6.45) is 2.56. The van der Waals surface area contributed by atoms with Crippen molar-refractivity contribution >= 4 is 5.69 Å². The molecule has 0 spiro atoms. The second kappa shape index (κ2) is 6.98. The van der Waals surface area contributed by atoms with Crippen LogP contribution in [0.5, 0.6) is 5.75 Å². The number of piperidine rings is 1. The topological polar surface area (TPSA) is 24.5 Å². The van der Waals surface area contributed by atoms with Crippen LogP contribution in [-0.2, 0) is 0 Å². The summed E-state index contributed by atoms with van der Waals surface area (Å²) in [6, 6.07) is 6.90. The third-order valence-corrected chi connectivity index (χ3v) is 4.29. The first-order valence-corrected chi connectivity index (χ1v) is 7.78. The van der Waals surface area contributed by atoms with Crippen molar-refractivity contribution < 1.29 is 4.74 Å². The molecule has 3 heteroatoms. The predicted molar refractivity (Wildman–Crippen MR) is 85.7 cm³/mol. The van der Waals surface area contributed by atoms with Crippen LogP contribution in [-0.4, -0.2) is 37.7 Å².